The largest absolute Gasteiger partial charge is 0.322 e. The second kappa shape index (κ2) is 3.64. The minimum atomic E-state index is -0.634. The minimum absolute atomic E-state index is 0.414. The highest BCUT2D eigenvalue weighted by molar-refractivity contribution is 6.31. The minimum Gasteiger partial charge on any atom is -0.322 e. The summed E-state index contributed by atoms with van der Waals surface area (Å²) < 4.78 is 12.0. The number of hydrogen-bond donors (Lipinski definition) is 1. The van der Waals surface area contributed by atoms with E-state index in [0.717, 1.165) is 0 Å². The molecule has 1 atom stereocenters. The third kappa shape index (κ3) is 1.88. The van der Waals surface area contributed by atoms with Crippen molar-refractivity contribution in [3.63, 3.8) is 0 Å². The second-order valence-corrected chi connectivity index (χ2v) is 2.57. The zero-order valence-corrected chi connectivity index (χ0v) is 6.55. The van der Waals surface area contributed by atoms with Gasteiger partial charge in [0.05, 0.1) is 11.1 Å². The van der Waals surface area contributed by atoms with E-state index in [1.165, 1.54) is 12.4 Å². The van der Waals surface area contributed by atoms with Crippen molar-refractivity contribution in [2.75, 3.05) is 6.67 Å². The van der Waals surface area contributed by atoms with Crippen molar-refractivity contribution in [1.29, 1.82) is 0 Å². The molecule has 0 saturated heterocycles. The number of rotatable bonds is 2. The molecule has 11 heavy (non-hydrogen) atoms. The van der Waals surface area contributed by atoms with Gasteiger partial charge in [-0.3, -0.25) is 4.98 Å². The van der Waals surface area contributed by atoms with Crippen LogP contribution in [0.5, 0.6) is 0 Å². The maximum absolute atomic E-state index is 12.0. The van der Waals surface area contributed by atoms with Crippen molar-refractivity contribution in [3.05, 3.63) is 29.0 Å². The van der Waals surface area contributed by atoms with Gasteiger partial charge in [0.1, 0.15) is 6.67 Å². The number of nitrogens with zero attached hydrogens (tertiary/aromatic N) is 1. The van der Waals surface area contributed by atoms with Crippen LogP contribution >= 0.6 is 11.6 Å². The SMILES string of the molecule is N[C@H](CF)c1ccncc1Cl. The molecule has 0 fully saturated rings. The van der Waals surface area contributed by atoms with Gasteiger partial charge in [-0.15, -0.1) is 0 Å². The molecular weight excluding hydrogens is 167 g/mol. The third-order valence-corrected chi connectivity index (χ3v) is 1.69. The molecule has 2 nitrogen and oxygen atoms in total. The molecule has 1 aromatic rings. The summed E-state index contributed by atoms with van der Waals surface area (Å²) in [6.07, 6.45) is 2.99. The first-order chi connectivity index (χ1) is 5.25. The van der Waals surface area contributed by atoms with Gasteiger partial charge in [-0.25, -0.2) is 4.39 Å². The molecule has 0 bridgehead atoms. The Bertz CT molecular complexity index is 242. The lowest BCUT2D eigenvalue weighted by Gasteiger charge is -2.07. The number of hydrogen-bond acceptors (Lipinski definition) is 2. The monoisotopic (exact) mass is 174 g/mol. The normalized spacial score (nSPS) is 13.0. The van der Waals surface area contributed by atoms with Gasteiger partial charge < -0.3 is 5.73 Å². The predicted molar refractivity (Wildman–Crippen MR) is 42.2 cm³/mol. The van der Waals surface area contributed by atoms with Crippen molar-refractivity contribution in [2.45, 2.75) is 6.04 Å². The van der Waals surface area contributed by atoms with Crippen molar-refractivity contribution in [1.82, 2.24) is 4.98 Å². The molecule has 0 amide bonds. The lowest BCUT2D eigenvalue weighted by atomic mass is 10.1. The summed E-state index contributed by atoms with van der Waals surface area (Å²) in [7, 11) is 0. The van der Waals surface area contributed by atoms with Crippen LogP contribution in [0.1, 0.15) is 11.6 Å². The Labute approximate surface area is 69.2 Å². The van der Waals surface area contributed by atoms with E-state index in [4.69, 9.17) is 17.3 Å². The topological polar surface area (TPSA) is 38.9 Å². The molecule has 0 unspecified atom stereocenters. The van der Waals surface area contributed by atoms with E-state index in [1.807, 2.05) is 0 Å². The lowest BCUT2D eigenvalue weighted by Crippen LogP contribution is -2.12. The van der Waals surface area contributed by atoms with E-state index in [0.29, 0.717) is 10.6 Å². The van der Waals surface area contributed by atoms with Crippen LogP contribution in [0.15, 0.2) is 18.5 Å². The molecule has 0 aliphatic carbocycles. The Hall–Kier alpha value is -0.670. The molecule has 0 aromatic carbocycles. The first-order valence-corrected chi connectivity index (χ1v) is 3.54. The van der Waals surface area contributed by atoms with Crippen molar-refractivity contribution >= 4 is 11.6 Å². The van der Waals surface area contributed by atoms with Crippen molar-refractivity contribution in [2.24, 2.45) is 5.73 Å². The third-order valence-electron chi connectivity index (χ3n) is 1.37. The quantitative estimate of drug-likeness (QED) is 0.742. The Kier molecular flexibility index (Phi) is 2.79. The molecule has 2 N–H and O–H groups in total. The lowest BCUT2D eigenvalue weighted by molar-refractivity contribution is 0.437. The molecule has 0 radical (unpaired) electrons. The molecule has 60 valence electrons. The zero-order chi connectivity index (χ0) is 8.27. The fourth-order valence-corrected chi connectivity index (χ4v) is 1.03. The summed E-state index contributed by atoms with van der Waals surface area (Å²) >= 11 is 5.69. The molecule has 1 heterocycles. The maximum Gasteiger partial charge on any atom is 0.109 e. The molecule has 0 aliphatic rings. The van der Waals surface area contributed by atoms with Crippen LogP contribution in [0, 0.1) is 0 Å². The Balaban J connectivity index is 2.93. The van der Waals surface area contributed by atoms with Crippen LogP contribution in [-0.2, 0) is 0 Å². The van der Waals surface area contributed by atoms with E-state index in [2.05, 4.69) is 4.98 Å². The average molecular weight is 175 g/mol. The average Bonchev–Trinajstić information content (AvgIpc) is 2.04. The number of halogens is 2. The van der Waals surface area contributed by atoms with Crippen molar-refractivity contribution in [3.8, 4) is 0 Å². The molecule has 1 aromatic heterocycles. The van der Waals surface area contributed by atoms with Crippen LogP contribution in [0.2, 0.25) is 5.02 Å². The highest BCUT2D eigenvalue weighted by atomic mass is 35.5. The summed E-state index contributed by atoms with van der Waals surface area (Å²) in [5.41, 5.74) is 6.01. The molecule has 4 heteroatoms. The Morgan fingerprint density at radius 3 is 3.00 bits per heavy atom. The van der Waals surface area contributed by atoms with Crippen molar-refractivity contribution < 1.29 is 4.39 Å². The van der Waals surface area contributed by atoms with Gasteiger partial charge >= 0.3 is 0 Å². The first-order valence-electron chi connectivity index (χ1n) is 3.16. The molecule has 0 spiro atoms. The van der Waals surface area contributed by atoms with E-state index in [9.17, 15) is 4.39 Å². The van der Waals surface area contributed by atoms with Crippen LogP contribution < -0.4 is 5.73 Å². The van der Waals surface area contributed by atoms with Gasteiger partial charge in [0, 0.05) is 12.4 Å². The fraction of sp³-hybridized carbons (Fsp3) is 0.286. The molecular formula is C7H8ClFN2. The number of aromatic nitrogens is 1. The molecule has 0 aliphatic heterocycles. The van der Waals surface area contributed by atoms with Gasteiger partial charge in [-0.1, -0.05) is 11.6 Å². The van der Waals surface area contributed by atoms with Crippen LogP contribution in [0.25, 0.3) is 0 Å². The number of alkyl halides is 1. The Morgan fingerprint density at radius 1 is 1.73 bits per heavy atom. The summed E-state index contributed by atoms with van der Waals surface area (Å²) in [4.78, 5) is 3.75. The number of nitrogens with two attached hydrogens (primary N) is 1. The highest BCUT2D eigenvalue weighted by Gasteiger charge is 2.08. The van der Waals surface area contributed by atoms with E-state index >= 15 is 0 Å². The molecule has 0 saturated carbocycles. The predicted octanol–water partition coefficient (Wildman–Crippen LogP) is 1.70. The van der Waals surface area contributed by atoms with Crippen LogP contribution in [0.3, 0.4) is 0 Å². The van der Waals surface area contributed by atoms with Crippen LogP contribution in [-0.4, -0.2) is 11.7 Å². The zero-order valence-electron chi connectivity index (χ0n) is 5.80. The summed E-state index contributed by atoms with van der Waals surface area (Å²) in [5, 5.41) is 0.414. The van der Waals surface area contributed by atoms with Crippen LogP contribution in [0.4, 0.5) is 4.39 Å². The standard InChI is InChI=1S/C7H8ClFN2/c8-6-4-11-2-1-5(6)7(10)3-9/h1-2,4,7H,3,10H2/t7-/m1/s1. The van der Waals surface area contributed by atoms with Gasteiger partial charge in [-0.2, -0.15) is 0 Å². The molecule has 1 rings (SSSR count). The fourth-order valence-electron chi connectivity index (χ4n) is 0.770. The first kappa shape index (κ1) is 8.43. The van der Waals surface area contributed by atoms with Gasteiger partial charge in [0.25, 0.3) is 0 Å². The second-order valence-electron chi connectivity index (χ2n) is 2.16. The van der Waals surface area contributed by atoms with E-state index in [1.54, 1.807) is 6.07 Å². The highest BCUT2D eigenvalue weighted by Crippen LogP contribution is 2.19. The number of pyridine rings is 1. The van der Waals surface area contributed by atoms with E-state index < -0.39 is 12.7 Å². The van der Waals surface area contributed by atoms with E-state index in [-0.39, 0.29) is 0 Å². The van der Waals surface area contributed by atoms with Gasteiger partial charge in [0.15, 0.2) is 0 Å². The maximum atomic E-state index is 12.0. The Morgan fingerprint density at radius 2 is 2.45 bits per heavy atom. The summed E-state index contributed by atoms with van der Waals surface area (Å²) in [6, 6.07) is 0.984. The summed E-state index contributed by atoms with van der Waals surface area (Å²) in [6.45, 7) is -0.607. The smallest absolute Gasteiger partial charge is 0.109 e. The summed E-state index contributed by atoms with van der Waals surface area (Å²) in [5.74, 6) is 0. The van der Waals surface area contributed by atoms with Gasteiger partial charge in [-0.05, 0) is 11.6 Å². The van der Waals surface area contributed by atoms with Gasteiger partial charge in [0.2, 0.25) is 0 Å².